The van der Waals surface area contributed by atoms with E-state index >= 15 is 0 Å². The summed E-state index contributed by atoms with van der Waals surface area (Å²) in [5, 5.41) is 15.1. The van der Waals surface area contributed by atoms with Crippen LogP contribution < -0.4 is 10.6 Å². The van der Waals surface area contributed by atoms with E-state index in [9.17, 15) is 10.1 Å². The van der Waals surface area contributed by atoms with Gasteiger partial charge in [0.25, 0.3) is 0 Å². The molecule has 0 spiro atoms. The molecule has 2 heterocycles. The fraction of sp³-hybridized carbons (Fsp3) is 0.269. The molecule has 0 radical (unpaired) electrons. The zero-order valence-corrected chi connectivity index (χ0v) is 18.2. The summed E-state index contributed by atoms with van der Waals surface area (Å²) in [6.45, 7) is 5.22. The summed E-state index contributed by atoms with van der Waals surface area (Å²) in [7, 11) is 0. The molecule has 0 saturated carbocycles. The van der Waals surface area contributed by atoms with Gasteiger partial charge in [-0.2, -0.15) is 5.26 Å². The Balaban J connectivity index is 1.47. The Morgan fingerprint density at radius 2 is 1.94 bits per heavy atom. The van der Waals surface area contributed by atoms with Gasteiger partial charge < -0.3 is 10.6 Å². The molecule has 6 nitrogen and oxygen atoms in total. The number of carbonyl (C=O) groups is 1. The summed E-state index contributed by atoms with van der Waals surface area (Å²) < 4.78 is 0. The Morgan fingerprint density at radius 3 is 2.66 bits per heavy atom. The van der Waals surface area contributed by atoms with Crippen LogP contribution in [0.5, 0.6) is 0 Å². The maximum absolute atomic E-state index is 11.7. The quantitative estimate of drug-likeness (QED) is 0.621. The predicted octanol–water partition coefficient (Wildman–Crippen LogP) is 4.18. The average molecular weight is 426 g/mol. The molecule has 1 saturated heterocycles. The van der Waals surface area contributed by atoms with Crippen molar-refractivity contribution < 1.29 is 4.79 Å². The second kappa shape index (κ2) is 10.1. The highest BCUT2D eigenvalue weighted by molar-refractivity contribution is 5.81. The van der Waals surface area contributed by atoms with Crippen LogP contribution in [0.4, 0.5) is 4.79 Å². The summed E-state index contributed by atoms with van der Waals surface area (Å²) in [4.78, 5) is 18.7. The molecule has 6 heteroatoms. The number of nitrogens with zero attached hydrogens (tertiary/aromatic N) is 3. The molecule has 1 fully saturated rings. The van der Waals surface area contributed by atoms with Crippen molar-refractivity contribution >= 4 is 6.03 Å². The molecule has 2 amide bonds. The molecule has 0 aliphatic carbocycles. The highest BCUT2D eigenvalue weighted by Gasteiger charge is 2.23. The van der Waals surface area contributed by atoms with Crippen molar-refractivity contribution in [3.8, 4) is 28.5 Å². The molecule has 4 rings (SSSR count). The first kappa shape index (κ1) is 21.5. The normalized spacial score (nSPS) is 15.8. The molecule has 2 N–H and O–H groups in total. The van der Waals surface area contributed by atoms with Gasteiger partial charge in [0, 0.05) is 49.5 Å². The van der Waals surface area contributed by atoms with Crippen molar-refractivity contribution in [2.75, 3.05) is 19.6 Å². The van der Waals surface area contributed by atoms with E-state index in [0.717, 1.165) is 48.4 Å². The monoisotopic (exact) mass is 425 g/mol. The number of benzene rings is 2. The molecule has 1 aliphatic rings. The van der Waals surface area contributed by atoms with Crippen molar-refractivity contribution in [3.05, 3.63) is 78.0 Å². The van der Waals surface area contributed by atoms with Crippen molar-refractivity contribution in [3.63, 3.8) is 0 Å². The Bertz CT molecular complexity index is 1110. The zero-order chi connectivity index (χ0) is 22.3. The Kier molecular flexibility index (Phi) is 6.78. The van der Waals surface area contributed by atoms with Crippen molar-refractivity contribution in [2.24, 2.45) is 0 Å². The lowest BCUT2D eigenvalue weighted by molar-refractivity contribution is 0.236. The van der Waals surface area contributed by atoms with Gasteiger partial charge in [-0.15, -0.1) is 0 Å². The number of urea groups is 1. The molecular weight excluding hydrogens is 398 g/mol. The van der Waals surface area contributed by atoms with E-state index in [2.05, 4.69) is 50.9 Å². The van der Waals surface area contributed by atoms with Gasteiger partial charge in [-0.3, -0.25) is 9.88 Å². The van der Waals surface area contributed by atoms with Crippen LogP contribution in [0.25, 0.3) is 22.4 Å². The number of nitriles is 1. The first-order valence-electron chi connectivity index (χ1n) is 11.0. The third-order valence-corrected chi connectivity index (χ3v) is 5.68. The summed E-state index contributed by atoms with van der Waals surface area (Å²) in [6, 6.07) is 22.7. The van der Waals surface area contributed by atoms with Gasteiger partial charge >= 0.3 is 6.03 Å². The summed E-state index contributed by atoms with van der Waals surface area (Å²) in [6.07, 6.45) is 2.59. The average Bonchev–Trinajstić information content (AvgIpc) is 3.26. The van der Waals surface area contributed by atoms with Gasteiger partial charge in [0.15, 0.2) is 0 Å². The maximum Gasteiger partial charge on any atom is 0.315 e. The van der Waals surface area contributed by atoms with Gasteiger partial charge in [0.1, 0.15) is 6.07 Å². The van der Waals surface area contributed by atoms with Gasteiger partial charge in [-0.1, -0.05) is 54.6 Å². The summed E-state index contributed by atoms with van der Waals surface area (Å²) in [5.41, 5.74) is 5.66. The van der Waals surface area contributed by atoms with Crippen LogP contribution in [0.3, 0.4) is 0 Å². The van der Waals surface area contributed by atoms with Gasteiger partial charge in [-0.05, 0) is 30.5 Å². The van der Waals surface area contributed by atoms with Crippen molar-refractivity contribution in [1.29, 1.82) is 5.26 Å². The van der Waals surface area contributed by atoms with Crippen LogP contribution in [0.2, 0.25) is 0 Å². The van der Waals surface area contributed by atoms with Crippen LogP contribution in [0.1, 0.15) is 24.5 Å². The topological polar surface area (TPSA) is 81.1 Å². The van der Waals surface area contributed by atoms with Crippen LogP contribution in [0.15, 0.2) is 66.9 Å². The predicted molar refractivity (Wildman–Crippen MR) is 126 cm³/mol. The maximum atomic E-state index is 11.7. The second-order valence-corrected chi connectivity index (χ2v) is 8.02. The number of rotatable bonds is 6. The molecule has 1 unspecified atom stereocenters. The van der Waals surface area contributed by atoms with Crippen molar-refractivity contribution in [2.45, 2.75) is 25.9 Å². The highest BCUT2D eigenvalue weighted by Crippen LogP contribution is 2.31. The molecule has 162 valence electrons. The number of carbonyl (C=O) groups excluding carboxylic acids is 1. The fourth-order valence-electron chi connectivity index (χ4n) is 4.11. The number of pyridine rings is 1. The van der Waals surface area contributed by atoms with Gasteiger partial charge in [-0.25, -0.2) is 4.79 Å². The number of amides is 2. The molecule has 0 bridgehead atoms. The minimum absolute atomic E-state index is 0.0900. The van der Waals surface area contributed by atoms with Gasteiger partial charge in [0.05, 0.1) is 11.3 Å². The Hall–Kier alpha value is -3.69. The third kappa shape index (κ3) is 5.13. The van der Waals surface area contributed by atoms with E-state index in [4.69, 9.17) is 0 Å². The van der Waals surface area contributed by atoms with Crippen LogP contribution in [-0.2, 0) is 6.54 Å². The van der Waals surface area contributed by atoms with Crippen LogP contribution in [0, 0.1) is 11.3 Å². The van der Waals surface area contributed by atoms with E-state index in [0.29, 0.717) is 12.1 Å². The van der Waals surface area contributed by atoms with E-state index in [-0.39, 0.29) is 12.1 Å². The Morgan fingerprint density at radius 1 is 1.16 bits per heavy atom. The lowest BCUT2D eigenvalue weighted by Crippen LogP contribution is -2.43. The summed E-state index contributed by atoms with van der Waals surface area (Å²) in [5.74, 6) is 0. The number of aromatic nitrogens is 1. The molecule has 1 aromatic heterocycles. The number of likely N-dealkylation sites (tertiary alicyclic amines) is 1. The molecule has 2 aromatic carbocycles. The molecule has 32 heavy (non-hydrogen) atoms. The van der Waals surface area contributed by atoms with Gasteiger partial charge in [0.2, 0.25) is 0 Å². The zero-order valence-electron chi connectivity index (χ0n) is 18.2. The first-order valence-corrected chi connectivity index (χ1v) is 11.0. The molecular formula is C26H27N5O. The smallest absolute Gasteiger partial charge is 0.315 e. The standard InChI is InChI=1S/C26H27N5O/c1-2-28-26(32)30-23-12-13-31(18-23)17-19-8-10-22(11-9-19)25-24(14-20(15-27)16-29-25)21-6-4-3-5-7-21/h3-11,14,16,23H,2,12-13,17-18H2,1H3,(H2,28,30,32). The highest BCUT2D eigenvalue weighted by atomic mass is 16.2. The lowest BCUT2D eigenvalue weighted by atomic mass is 9.97. The SMILES string of the molecule is CCNC(=O)NC1CCN(Cc2ccc(-c3ncc(C#N)cc3-c3ccccc3)cc2)C1. The minimum atomic E-state index is -0.0900. The van der Waals surface area contributed by atoms with E-state index in [1.165, 1.54) is 5.56 Å². The first-order chi connectivity index (χ1) is 15.7. The molecule has 1 aliphatic heterocycles. The fourth-order valence-corrected chi connectivity index (χ4v) is 4.11. The van der Waals surface area contributed by atoms with Crippen molar-refractivity contribution in [1.82, 2.24) is 20.5 Å². The van der Waals surface area contributed by atoms with E-state index in [1.54, 1.807) is 6.20 Å². The second-order valence-electron chi connectivity index (χ2n) is 8.02. The Labute approximate surface area is 188 Å². The number of hydrogen-bond donors (Lipinski definition) is 2. The van der Waals surface area contributed by atoms with Crippen LogP contribution in [-0.4, -0.2) is 41.6 Å². The third-order valence-electron chi connectivity index (χ3n) is 5.68. The molecule has 3 aromatic rings. The minimum Gasteiger partial charge on any atom is -0.338 e. The number of hydrogen-bond acceptors (Lipinski definition) is 4. The summed E-state index contributed by atoms with van der Waals surface area (Å²) >= 11 is 0. The number of nitrogens with one attached hydrogen (secondary N) is 2. The van der Waals surface area contributed by atoms with E-state index in [1.807, 2.05) is 43.3 Å². The molecule has 1 atom stereocenters. The lowest BCUT2D eigenvalue weighted by Gasteiger charge is -2.17. The van der Waals surface area contributed by atoms with E-state index < -0.39 is 0 Å². The largest absolute Gasteiger partial charge is 0.338 e. The van der Waals surface area contributed by atoms with Crippen LogP contribution >= 0.6 is 0 Å².